The van der Waals surface area contributed by atoms with Crippen molar-refractivity contribution < 1.29 is 42.3 Å². The summed E-state index contributed by atoms with van der Waals surface area (Å²) in [5.74, 6) is -3.46. The van der Waals surface area contributed by atoms with E-state index in [-0.39, 0.29) is 48.2 Å². The van der Waals surface area contributed by atoms with E-state index in [0.29, 0.717) is 32.1 Å². The molecular formula is C35H44F3N5O6. The smallest absolute Gasteiger partial charge is 0.475 e. The van der Waals surface area contributed by atoms with E-state index in [9.17, 15) is 32.3 Å². The molecule has 11 nitrogen and oxygen atoms in total. The summed E-state index contributed by atoms with van der Waals surface area (Å²) in [6, 6.07) is 15.5. The molecule has 14 heteroatoms. The molecule has 0 unspecified atom stereocenters. The summed E-state index contributed by atoms with van der Waals surface area (Å²) < 4.78 is 31.7. The molecule has 5 rings (SSSR count). The molecule has 2 aliphatic heterocycles. The number of aryl methyl sites for hydroxylation is 1. The number of carboxylic acid groups (broad SMARTS) is 1. The Kier molecular flexibility index (Phi) is 12.8. The molecule has 5 N–H and O–H groups in total. The second-order valence-corrected chi connectivity index (χ2v) is 12.8. The molecule has 2 aromatic carbocycles. The number of hydrogen-bond donors (Lipinski definition) is 5. The lowest BCUT2D eigenvalue weighted by Gasteiger charge is -2.38. The Bertz CT molecular complexity index is 1490. The van der Waals surface area contributed by atoms with Gasteiger partial charge in [-0.25, -0.2) is 4.79 Å². The number of hydrogen-bond acceptors (Lipinski definition) is 6. The first-order valence-corrected chi connectivity index (χ1v) is 16.6. The van der Waals surface area contributed by atoms with Crippen molar-refractivity contribution in [2.24, 2.45) is 0 Å². The Morgan fingerprint density at radius 1 is 0.898 bits per heavy atom. The molecule has 266 valence electrons. The highest BCUT2D eigenvalue weighted by molar-refractivity contribution is 5.94. The average molecular weight is 688 g/mol. The third-order valence-electron chi connectivity index (χ3n) is 9.36. The number of carbonyl (C=O) groups is 5. The van der Waals surface area contributed by atoms with Crippen LogP contribution in [-0.4, -0.2) is 83.0 Å². The summed E-state index contributed by atoms with van der Waals surface area (Å²) in [5.41, 5.74) is 3.35. The molecule has 4 amide bonds. The van der Waals surface area contributed by atoms with Crippen LogP contribution in [0.1, 0.15) is 74.6 Å². The van der Waals surface area contributed by atoms with Crippen molar-refractivity contribution in [2.75, 3.05) is 7.05 Å². The summed E-state index contributed by atoms with van der Waals surface area (Å²) >= 11 is 0. The predicted molar refractivity (Wildman–Crippen MR) is 174 cm³/mol. The SMILES string of the molecule is CN[C@@H](C)C(=O)N[C@H]1CC[C@@H](NC(=O)Cc2ccccc2)C[C@H]2CC[C@@H](C(=O)N[C@@H]3CCCc4ccccc43)N2C1=O.O=C(O)C(F)(F)F. The Balaban J connectivity index is 0.000000698. The molecule has 2 heterocycles. The number of carboxylic acids is 1. The Labute approximate surface area is 283 Å². The fourth-order valence-electron chi connectivity index (χ4n) is 6.75. The van der Waals surface area contributed by atoms with E-state index in [0.717, 1.165) is 30.4 Å². The molecule has 3 aliphatic rings. The van der Waals surface area contributed by atoms with Crippen molar-refractivity contribution in [3.8, 4) is 0 Å². The van der Waals surface area contributed by atoms with E-state index >= 15 is 0 Å². The van der Waals surface area contributed by atoms with Gasteiger partial charge in [0.1, 0.15) is 12.1 Å². The number of carbonyl (C=O) groups excluding carboxylic acids is 4. The van der Waals surface area contributed by atoms with Crippen molar-refractivity contribution in [3.63, 3.8) is 0 Å². The van der Waals surface area contributed by atoms with Crippen molar-refractivity contribution in [2.45, 2.75) is 107 Å². The number of halogens is 3. The molecule has 0 radical (unpaired) electrons. The highest BCUT2D eigenvalue weighted by atomic mass is 19.4. The van der Waals surface area contributed by atoms with E-state index < -0.39 is 30.3 Å². The van der Waals surface area contributed by atoms with Crippen LogP contribution >= 0.6 is 0 Å². The van der Waals surface area contributed by atoms with Gasteiger partial charge in [0, 0.05) is 12.1 Å². The lowest BCUT2D eigenvalue weighted by molar-refractivity contribution is -0.192. The largest absolute Gasteiger partial charge is 0.490 e. The quantitative estimate of drug-likeness (QED) is 0.286. The number of likely N-dealkylation sites (N-methyl/N-ethyl adjacent to an activating group) is 1. The van der Waals surface area contributed by atoms with Crippen LogP contribution < -0.4 is 21.3 Å². The van der Waals surface area contributed by atoms with E-state index in [2.05, 4.69) is 33.4 Å². The summed E-state index contributed by atoms with van der Waals surface area (Å²) in [7, 11) is 1.70. The topological polar surface area (TPSA) is 157 Å². The minimum absolute atomic E-state index is 0.0719. The molecule has 49 heavy (non-hydrogen) atoms. The molecule has 1 aliphatic carbocycles. The summed E-state index contributed by atoms with van der Waals surface area (Å²) in [6.07, 6.45) is 0.800. The van der Waals surface area contributed by atoms with E-state index in [1.165, 1.54) is 5.56 Å². The Morgan fingerprint density at radius 3 is 2.24 bits per heavy atom. The first-order chi connectivity index (χ1) is 23.3. The zero-order valence-electron chi connectivity index (χ0n) is 27.6. The third-order valence-corrected chi connectivity index (χ3v) is 9.36. The van der Waals surface area contributed by atoms with Gasteiger partial charge in [-0.15, -0.1) is 0 Å². The van der Waals surface area contributed by atoms with Gasteiger partial charge in [0.2, 0.25) is 23.6 Å². The molecule has 2 aromatic rings. The molecule has 0 bridgehead atoms. The van der Waals surface area contributed by atoms with Crippen molar-refractivity contribution in [1.29, 1.82) is 0 Å². The van der Waals surface area contributed by atoms with Gasteiger partial charge in [-0.3, -0.25) is 19.2 Å². The fourth-order valence-corrected chi connectivity index (χ4v) is 6.75. The van der Waals surface area contributed by atoms with Gasteiger partial charge < -0.3 is 31.3 Å². The van der Waals surface area contributed by atoms with Gasteiger partial charge in [0.15, 0.2) is 0 Å². The first-order valence-electron chi connectivity index (χ1n) is 16.6. The number of rotatable bonds is 8. The number of alkyl halides is 3. The molecule has 2 fully saturated rings. The zero-order chi connectivity index (χ0) is 35.7. The standard InChI is InChI=1S/C33H43N5O4.C2HF3O2/c1-21(34-2)31(40)37-28-17-15-24(35-30(39)19-22-9-4-3-5-10-22)20-25-16-18-29(38(25)33(28)42)32(41)36-27-14-8-12-23-11-6-7-13-26(23)27;3-2(4,5)1(6)7/h3-7,9-11,13,21,24-25,27-29,34H,8,12,14-20H2,1-2H3,(H,35,39)(H,36,41)(H,37,40);(H,6,7)/t21-,24+,25+,27+,28-,29-;/m0./s1. The van der Waals surface area contributed by atoms with Crippen LogP contribution in [0.15, 0.2) is 54.6 Å². The van der Waals surface area contributed by atoms with E-state index in [4.69, 9.17) is 9.90 Å². The minimum atomic E-state index is -5.08. The van der Waals surface area contributed by atoms with Crippen LogP contribution in [0.3, 0.4) is 0 Å². The average Bonchev–Trinajstić information content (AvgIpc) is 3.48. The summed E-state index contributed by atoms with van der Waals surface area (Å²) in [5, 5.41) is 19.4. The number of amides is 4. The van der Waals surface area contributed by atoms with E-state index in [1.807, 2.05) is 42.5 Å². The van der Waals surface area contributed by atoms with Crippen LogP contribution in [0.25, 0.3) is 0 Å². The van der Waals surface area contributed by atoms with Crippen molar-refractivity contribution in [3.05, 3.63) is 71.3 Å². The fraction of sp³-hybridized carbons (Fsp3) is 0.514. The van der Waals surface area contributed by atoms with Crippen LogP contribution in [0.4, 0.5) is 13.2 Å². The number of benzene rings is 2. The normalized spacial score (nSPS) is 24.1. The molecule has 2 saturated heterocycles. The summed E-state index contributed by atoms with van der Waals surface area (Å²) in [4.78, 5) is 64.3. The Hall–Kier alpha value is -4.46. The summed E-state index contributed by atoms with van der Waals surface area (Å²) in [6.45, 7) is 1.74. The van der Waals surface area contributed by atoms with Gasteiger partial charge >= 0.3 is 12.1 Å². The van der Waals surface area contributed by atoms with Gasteiger partial charge in [-0.2, -0.15) is 13.2 Å². The predicted octanol–water partition coefficient (Wildman–Crippen LogP) is 3.18. The number of nitrogens with one attached hydrogen (secondary N) is 4. The highest BCUT2D eigenvalue weighted by Gasteiger charge is 2.46. The molecule has 0 spiro atoms. The monoisotopic (exact) mass is 687 g/mol. The van der Waals surface area contributed by atoms with Crippen molar-refractivity contribution >= 4 is 29.6 Å². The molecular weight excluding hydrogens is 643 g/mol. The number of aliphatic carboxylic acids is 1. The number of fused-ring (bicyclic) bond motifs is 2. The molecule has 6 atom stereocenters. The zero-order valence-corrected chi connectivity index (χ0v) is 27.6. The van der Waals surface area contributed by atoms with Gasteiger partial charge in [0.05, 0.1) is 18.5 Å². The van der Waals surface area contributed by atoms with E-state index in [1.54, 1.807) is 18.9 Å². The maximum atomic E-state index is 14.0. The van der Waals surface area contributed by atoms with Crippen LogP contribution in [0.5, 0.6) is 0 Å². The van der Waals surface area contributed by atoms with Gasteiger partial charge in [-0.1, -0.05) is 54.6 Å². The minimum Gasteiger partial charge on any atom is -0.475 e. The second kappa shape index (κ2) is 16.8. The Morgan fingerprint density at radius 2 is 1.57 bits per heavy atom. The third kappa shape index (κ3) is 10.0. The molecule has 0 saturated carbocycles. The molecule has 0 aromatic heterocycles. The van der Waals surface area contributed by atoms with Gasteiger partial charge in [0.25, 0.3) is 0 Å². The van der Waals surface area contributed by atoms with Crippen LogP contribution in [-0.2, 0) is 36.8 Å². The lowest BCUT2D eigenvalue weighted by Crippen LogP contribution is -2.59. The van der Waals surface area contributed by atoms with Crippen LogP contribution in [0, 0.1) is 0 Å². The van der Waals surface area contributed by atoms with Crippen LogP contribution in [0.2, 0.25) is 0 Å². The lowest BCUT2D eigenvalue weighted by atomic mass is 9.87. The maximum Gasteiger partial charge on any atom is 0.490 e. The first kappa shape index (κ1) is 37.4. The second-order valence-electron chi connectivity index (χ2n) is 12.8. The highest BCUT2D eigenvalue weighted by Crippen LogP contribution is 2.34. The number of nitrogens with zero attached hydrogens (tertiary/aromatic N) is 1. The van der Waals surface area contributed by atoms with Crippen molar-refractivity contribution in [1.82, 2.24) is 26.2 Å². The van der Waals surface area contributed by atoms with Gasteiger partial charge in [-0.05, 0) is 82.0 Å². The maximum absolute atomic E-state index is 14.0.